The Kier molecular flexibility index (Phi) is 3.36. The summed E-state index contributed by atoms with van der Waals surface area (Å²) in [4.78, 5) is 8.52. The molecule has 0 atom stereocenters. The average Bonchev–Trinajstić information content (AvgIpc) is 2.93. The van der Waals surface area contributed by atoms with Gasteiger partial charge in [-0.3, -0.25) is 0 Å². The van der Waals surface area contributed by atoms with E-state index in [1.165, 1.54) is 0 Å². The molecule has 1 aromatic heterocycles. The van der Waals surface area contributed by atoms with E-state index in [0.717, 1.165) is 23.0 Å². The maximum atomic E-state index is 5.33. The second-order valence-electron chi connectivity index (χ2n) is 4.13. The smallest absolute Gasteiger partial charge is 0.231 e. The van der Waals surface area contributed by atoms with Gasteiger partial charge in [0.05, 0.1) is 0 Å². The van der Waals surface area contributed by atoms with E-state index in [-0.39, 0.29) is 6.79 Å². The van der Waals surface area contributed by atoms with Crippen LogP contribution in [0.3, 0.4) is 0 Å². The summed E-state index contributed by atoms with van der Waals surface area (Å²) in [6, 6.07) is 7.40. The van der Waals surface area contributed by atoms with Crippen molar-refractivity contribution in [1.82, 2.24) is 9.97 Å². The molecule has 102 valence electrons. The number of nitrogens with zero attached hydrogens (tertiary/aromatic N) is 2. The first-order valence-electron chi connectivity index (χ1n) is 6.19. The first-order valence-corrected chi connectivity index (χ1v) is 6.19. The summed E-state index contributed by atoms with van der Waals surface area (Å²) in [7, 11) is 0. The van der Waals surface area contributed by atoms with Gasteiger partial charge in [-0.1, -0.05) is 6.08 Å². The molecule has 6 nitrogen and oxygen atoms in total. The van der Waals surface area contributed by atoms with E-state index in [9.17, 15) is 0 Å². The van der Waals surface area contributed by atoms with E-state index in [2.05, 4.69) is 27.2 Å². The number of anilines is 3. The highest BCUT2D eigenvalue weighted by Gasteiger charge is 2.13. The third kappa shape index (κ3) is 2.64. The van der Waals surface area contributed by atoms with Crippen molar-refractivity contribution < 1.29 is 9.47 Å². The number of ether oxygens (including phenoxy) is 2. The normalized spacial score (nSPS) is 12.0. The van der Waals surface area contributed by atoms with Gasteiger partial charge in [-0.2, -0.15) is 4.98 Å². The van der Waals surface area contributed by atoms with Crippen molar-refractivity contribution >= 4 is 17.5 Å². The van der Waals surface area contributed by atoms with Gasteiger partial charge in [0, 0.05) is 24.5 Å². The van der Waals surface area contributed by atoms with Crippen LogP contribution < -0.4 is 20.1 Å². The van der Waals surface area contributed by atoms with Crippen molar-refractivity contribution in [3.63, 3.8) is 0 Å². The summed E-state index contributed by atoms with van der Waals surface area (Å²) in [5.74, 6) is 2.72. The SMILES string of the molecule is C=CCNc1ccnc(Nc2ccc3c(c2)OCO3)n1. The van der Waals surface area contributed by atoms with Gasteiger partial charge in [-0.05, 0) is 18.2 Å². The minimum Gasteiger partial charge on any atom is -0.454 e. The maximum Gasteiger partial charge on any atom is 0.231 e. The van der Waals surface area contributed by atoms with Gasteiger partial charge < -0.3 is 20.1 Å². The van der Waals surface area contributed by atoms with Gasteiger partial charge >= 0.3 is 0 Å². The van der Waals surface area contributed by atoms with Crippen LogP contribution in [0.4, 0.5) is 17.5 Å². The van der Waals surface area contributed by atoms with Crippen molar-refractivity contribution in [3.8, 4) is 11.5 Å². The summed E-state index contributed by atoms with van der Waals surface area (Å²) in [6.07, 6.45) is 3.46. The van der Waals surface area contributed by atoms with E-state index in [4.69, 9.17) is 9.47 Å². The Morgan fingerprint density at radius 2 is 2.15 bits per heavy atom. The molecular formula is C14H14N4O2. The van der Waals surface area contributed by atoms with E-state index in [1.807, 2.05) is 18.2 Å². The Labute approximate surface area is 116 Å². The standard InChI is InChI=1S/C14H14N4O2/c1-2-6-15-13-5-7-16-14(18-13)17-10-3-4-11-12(8-10)20-9-19-11/h2-5,7-8H,1,6,9H2,(H2,15,16,17,18). The van der Waals surface area contributed by atoms with Crippen LogP contribution in [0.1, 0.15) is 0 Å². The molecule has 0 amide bonds. The molecule has 0 unspecified atom stereocenters. The van der Waals surface area contributed by atoms with Gasteiger partial charge in [-0.25, -0.2) is 4.98 Å². The molecule has 6 heteroatoms. The highest BCUT2D eigenvalue weighted by Crippen LogP contribution is 2.34. The Hall–Kier alpha value is -2.76. The van der Waals surface area contributed by atoms with Crippen LogP contribution in [-0.2, 0) is 0 Å². The zero-order valence-electron chi connectivity index (χ0n) is 10.8. The quantitative estimate of drug-likeness (QED) is 0.814. The van der Waals surface area contributed by atoms with Crippen LogP contribution in [0.5, 0.6) is 11.5 Å². The Bertz CT molecular complexity index is 630. The summed E-state index contributed by atoms with van der Waals surface area (Å²) < 4.78 is 10.6. The Balaban J connectivity index is 1.75. The molecule has 2 heterocycles. The number of hydrogen-bond donors (Lipinski definition) is 2. The van der Waals surface area contributed by atoms with E-state index in [1.54, 1.807) is 18.3 Å². The molecule has 0 radical (unpaired) electrons. The second-order valence-corrected chi connectivity index (χ2v) is 4.13. The van der Waals surface area contributed by atoms with Crippen molar-refractivity contribution in [2.75, 3.05) is 24.0 Å². The highest BCUT2D eigenvalue weighted by atomic mass is 16.7. The average molecular weight is 270 g/mol. The van der Waals surface area contributed by atoms with Crippen LogP contribution in [0.25, 0.3) is 0 Å². The molecule has 1 aliphatic rings. The number of nitrogens with one attached hydrogen (secondary N) is 2. The largest absolute Gasteiger partial charge is 0.454 e. The Morgan fingerprint density at radius 1 is 1.25 bits per heavy atom. The topological polar surface area (TPSA) is 68.3 Å². The van der Waals surface area contributed by atoms with Crippen LogP contribution in [0, 0.1) is 0 Å². The number of rotatable bonds is 5. The van der Waals surface area contributed by atoms with Gasteiger partial charge in [0.2, 0.25) is 12.7 Å². The van der Waals surface area contributed by atoms with Crippen molar-refractivity contribution in [2.45, 2.75) is 0 Å². The van der Waals surface area contributed by atoms with Crippen molar-refractivity contribution in [2.24, 2.45) is 0 Å². The lowest BCUT2D eigenvalue weighted by Crippen LogP contribution is -2.03. The predicted molar refractivity (Wildman–Crippen MR) is 76.6 cm³/mol. The van der Waals surface area contributed by atoms with E-state index >= 15 is 0 Å². The first kappa shape index (κ1) is 12.3. The van der Waals surface area contributed by atoms with Gasteiger partial charge in [0.1, 0.15) is 5.82 Å². The third-order valence-corrected chi connectivity index (χ3v) is 2.71. The fraction of sp³-hybridized carbons (Fsp3) is 0.143. The molecule has 3 rings (SSSR count). The Morgan fingerprint density at radius 3 is 3.05 bits per heavy atom. The van der Waals surface area contributed by atoms with E-state index in [0.29, 0.717) is 12.5 Å². The molecule has 0 spiro atoms. The number of benzene rings is 1. The van der Waals surface area contributed by atoms with E-state index < -0.39 is 0 Å². The summed E-state index contributed by atoms with van der Waals surface area (Å²) in [5, 5.41) is 6.24. The zero-order valence-corrected chi connectivity index (χ0v) is 10.8. The van der Waals surface area contributed by atoms with Crippen molar-refractivity contribution in [1.29, 1.82) is 0 Å². The molecule has 0 aliphatic carbocycles. The fourth-order valence-electron chi connectivity index (χ4n) is 1.80. The summed E-state index contributed by atoms with van der Waals surface area (Å²) in [6.45, 7) is 4.57. The molecule has 0 saturated heterocycles. The molecule has 2 aromatic rings. The number of hydrogen-bond acceptors (Lipinski definition) is 6. The lowest BCUT2D eigenvalue weighted by molar-refractivity contribution is 0.174. The molecule has 0 bridgehead atoms. The van der Waals surface area contributed by atoms with Gasteiger partial charge in [0.15, 0.2) is 11.5 Å². The molecule has 20 heavy (non-hydrogen) atoms. The predicted octanol–water partition coefficient (Wildman–Crippen LogP) is 2.55. The lowest BCUT2D eigenvalue weighted by atomic mass is 10.3. The second kappa shape index (κ2) is 5.48. The number of aromatic nitrogens is 2. The van der Waals surface area contributed by atoms with Crippen LogP contribution in [0.2, 0.25) is 0 Å². The van der Waals surface area contributed by atoms with Crippen LogP contribution >= 0.6 is 0 Å². The molecule has 2 N–H and O–H groups in total. The van der Waals surface area contributed by atoms with Gasteiger partial charge in [-0.15, -0.1) is 6.58 Å². The van der Waals surface area contributed by atoms with Crippen LogP contribution in [-0.4, -0.2) is 23.3 Å². The van der Waals surface area contributed by atoms with Gasteiger partial charge in [0.25, 0.3) is 0 Å². The molecule has 1 aliphatic heterocycles. The minimum atomic E-state index is 0.260. The summed E-state index contributed by atoms with van der Waals surface area (Å²) in [5.41, 5.74) is 0.843. The number of fused-ring (bicyclic) bond motifs is 1. The van der Waals surface area contributed by atoms with Crippen molar-refractivity contribution in [3.05, 3.63) is 43.1 Å². The minimum absolute atomic E-state index is 0.260. The zero-order chi connectivity index (χ0) is 13.8. The highest BCUT2D eigenvalue weighted by molar-refractivity contribution is 5.60. The molecule has 0 saturated carbocycles. The fourth-order valence-corrected chi connectivity index (χ4v) is 1.80. The first-order chi connectivity index (χ1) is 9.85. The molecule has 1 aromatic carbocycles. The lowest BCUT2D eigenvalue weighted by Gasteiger charge is -2.07. The molecule has 0 fully saturated rings. The molecular weight excluding hydrogens is 256 g/mol. The monoisotopic (exact) mass is 270 g/mol. The van der Waals surface area contributed by atoms with Crippen LogP contribution in [0.15, 0.2) is 43.1 Å². The third-order valence-electron chi connectivity index (χ3n) is 2.71. The summed E-state index contributed by atoms with van der Waals surface area (Å²) >= 11 is 0. The maximum absolute atomic E-state index is 5.33.